The van der Waals surface area contributed by atoms with Crippen LogP contribution >= 0.6 is 15.9 Å². The molecule has 0 atom stereocenters. The molecule has 1 N–H and O–H groups in total. The van der Waals surface area contributed by atoms with Gasteiger partial charge in [-0.1, -0.05) is 22.0 Å². The van der Waals surface area contributed by atoms with E-state index >= 15 is 0 Å². The monoisotopic (exact) mass is 314 g/mol. The van der Waals surface area contributed by atoms with E-state index in [4.69, 9.17) is 5.26 Å². The third kappa shape index (κ3) is 3.21. The maximum Gasteiger partial charge on any atom is 0.255 e. The minimum atomic E-state index is -0.189. The van der Waals surface area contributed by atoms with Crippen molar-refractivity contribution in [3.63, 3.8) is 0 Å². The largest absolute Gasteiger partial charge is 0.322 e. The highest BCUT2D eigenvalue weighted by Gasteiger charge is 2.08. The Bertz CT molecular complexity index is 657. The van der Waals surface area contributed by atoms with Crippen molar-refractivity contribution >= 4 is 27.5 Å². The first kappa shape index (κ1) is 13.3. The lowest BCUT2D eigenvalue weighted by Gasteiger charge is -2.09. The maximum absolute atomic E-state index is 12.1. The average molecular weight is 315 g/mol. The van der Waals surface area contributed by atoms with Gasteiger partial charge >= 0.3 is 0 Å². The van der Waals surface area contributed by atoms with Gasteiger partial charge in [-0.15, -0.1) is 0 Å². The second-order valence-corrected chi connectivity index (χ2v) is 5.02. The predicted molar refractivity (Wildman–Crippen MR) is 78.0 cm³/mol. The summed E-state index contributed by atoms with van der Waals surface area (Å²) in [7, 11) is 0. The number of hydrogen-bond donors (Lipinski definition) is 1. The minimum absolute atomic E-state index is 0.189. The van der Waals surface area contributed by atoms with Crippen LogP contribution in [0.15, 0.2) is 46.9 Å². The van der Waals surface area contributed by atoms with Crippen LogP contribution in [0.4, 0.5) is 5.69 Å². The molecule has 4 heteroatoms. The van der Waals surface area contributed by atoms with Crippen LogP contribution in [-0.2, 0) is 0 Å². The fraction of sp³-hybridized carbons (Fsp3) is 0.0667. The van der Waals surface area contributed by atoms with Crippen LogP contribution in [0.2, 0.25) is 0 Å². The topological polar surface area (TPSA) is 52.9 Å². The fourth-order valence-corrected chi connectivity index (χ4v) is 1.98. The molecule has 0 unspecified atom stereocenters. The SMILES string of the molecule is Cc1ccc(Br)cc1NC(=O)c1ccc(C#N)cc1. The first-order chi connectivity index (χ1) is 9.10. The van der Waals surface area contributed by atoms with Gasteiger partial charge in [0.2, 0.25) is 0 Å². The van der Waals surface area contributed by atoms with Crippen molar-refractivity contribution in [2.45, 2.75) is 6.92 Å². The van der Waals surface area contributed by atoms with E-state index in [0.717, 1.165) is 15.7 Å². The summed E-state index contributed by atoms with van der Waals surface area (Å²) in [6.45, 7) is 1.93. The van der Waals surface area contributed by atoms with Crippen molar-refractivity contribution < 1.29 is 4.79 Å². The Hall–Kier alpha value is -2.12. The smallest absolute Gasteiger partial charge is 0.255 e. The Morgan fingerprint density at radius 3 is 2.53 bits per heavy atom. The molecule has 0 radical (unpaired) electrons. The molecule has 0 bridgehead atoms. The van der Waals surface area contributed by atoms with Gasteiger partial charge in [-0.25, -0.2) is 0 Å². The molecule has 3 nitrogen and oxygen atoms in total. The Kier molecular flexibility index (Phi) is 3.98. The molecule has 19 heavy (non-hydrogen) atoms. The number of carbonyl (C=O) groups is 1. The van der Waals surface area contributed by atoms with Gasteiger partial charge in [-0.05, 0) is 48.9 Å². The van der Waals surface area contributed by atoms with Crippen molar-refractivity contribution in [2.75, 3.05) is 5.32 Å². The molecule has 2 aromatic carbocycles. The molecule has 2 rings (SSSR count). The van der Waals surface area contributed by atoms with Gasteiger partial charge < -0.3 is 5.32 Å². The highest BCUT2D eigenvalue weighted by atomic mass is 79.9. The predicted octanol–water partition coefficient (Wildman–Crippen LogP) is 3.88. The number of amides is 1. The molecule has 0 aromatic heterocycles. The first-order valence-corrected chi connectivity index (χ1v) is 6.47. The molecule has 0 spiro atoms. The normalized spacial score (nSPS) is 9.74. The molecule has 0 heterocycles. The van der Waals surface area contributed by atoms with Gasteiger partial charge in [0.1, 0.15) is 0 Å². The zero-order chi connectivity index (χ0) is 13.8. The van der Waals surface area contributed by atoms with Gasteiger partial charge in [0.15, 0.2) is 0 Å². The summed E-state index contributed by atoms with van der Waals surface area (Å²) < 4.78 is 0.910. The Labute approximate surface area is 120 Å². The van der Waals surface area contributed by atoms with Crippen molar-refractivity contribution in [3.05, 3.63) is 63.6 Å². The Balaban J connectivity index is 2.21. The number of halogens is 1. The molecular weight excluding hydrogens is 304 g/mol. The summed E-state index contributed by atoms with van der Waals surface area (Å²) in [5.74, 6) is -0.189. The van der Waals surface area contributed by atoms with E-state index in [9.17, 15) is 4.79 Å². The highest BCUT2D eigenvalue weighted by Crippen LogP contribution is 2.21. The number of nitrogens with zero attached hydrogens (tertiary/aromatic N) is 1. The average Bonchev–Trinajstić information content (AvgIpc) is 2.43. The number of anilines is 1. The minimum Gasteiger partial charge on any atom is -0.322 e. The second-order valence-electron chi connectivity index (χ2n) is 4.10. The molecule has 0 aliphatic carbocycles. The molecule has 94 valence electrons. The van der Waals surface area contributed by atoms with Gasteiger partial charge in [0, 0.05) is 15.7 Å². The lowest BCUT2D eigenvalue weighted by Crippen LogP contribution is -2.12. The highest BCUT2D eigenvalue weighted by molar-refractivity contribution is 9.10. The molecule has 0 saturated heterocycles. The number of benzene rings is 2. The van der Waals surface area contributed by atoms with Crippen LogP contribution in [0.3, 0.4) is 0 Å². The molecule has 0 fully saturated rings. The quantitative estimate of drug-likeness (QED) is 0.914. The lowest BCUT2D eigenvalue weighted by atomic mass is 10.1. The standard InChI is InChI=1S/C15H11BrN2O/c1-10-2-7-13(16)8-14(10)18-15(19)12-5-3-11(9-17)4-6-12/h2-8H,1H3,(H,18,19). The van der Waals surface area contributed by atoms with Crippen molar-refractivity contribution in [2.24, 2.45) is 0 Å². The summed E-state index contributed by atoms with van der Waals surface area (Å²) in [4.78, 5) is 12.1. The number of carbonyl (C=O) groups excluding carboxylic acids is 1. The molecule has 0 saturated carbocycles. The van der Waals surface area contributed by atoms with E-state index in [1.54, 1.807) is 24.3 Å². The summed E-state index contributed by atoms with van der Waals surface area (Å²) in [5.41, 5.74) is 2.82. The molecule has 0 aliphatic rings. The Morgan fingerprint density at radius 1 is 1.21 bits per heavy atom. The van der Waals surface area contributed by atoms with E-state index in [-0.39, 0.29) is 5.91 Å². The number of nitrogens with one attached hydrogen (secondary N) is 1. The van der Waals surface area contributed by atoms with Gasteiger partial charge in [-0.3, -0.25) is 4.79 Å². The van der Waals surface area contributed by atoms with Crippen molar-refractivity contribution in [3.8, 4) is 6.07 Å². The lowest BCUT2D eigenvalue weighted by molar-refractivity contribution is 0.102. The van der Waals surface area contributed by atoms with Crippen molar-refractivity contribution in [1.29, 1.82) is 5.26 Å². The fourth-order valence-electron chi connectivity index (χ4n) is 1.62. The molecule has 1 amide bonds. The van der Waals surface area contributed by atoms with Crippen LogP contribution in [0.5, 0.6) is 0 Å². The number of hydrogen-bond acceptors (Lipinski definition) is 2. The van der Waals surface area contributed by atoms with Gasteiger partial charge in [-0.2, -0.15) is 5.26 Å². The van der Waals surface area contributed by atoms with E-state index in [0.29, 0.717) is 11.1 Å². The number of aryl methyl sites for hydroxylation is 1. The summed E-state index contributed by atoms with van der Waals surface area (Å²) in [6, 6.07) is 14.3. The number of rotatable bonds is 2. The van der Waals surface area contributed by atoms with Crippen LogP contribution in [-0.4, -0.2) is 5.91 Å². The first-order valence-electron chi connectivity index (χ1n) is 5.68. The van der Waals surface area contributed by atoms with Crippen LogP contribution in [0.1, 0.15) is 21.5 Å². The number of nitriles is 1. The maximum atomic E-state index is 12.1. The van der Waals surface area contributed by atoms with Crippen molar-refractivity contribution in [1.82, 2.24) is 0 Å². The van der Waals surface area contributed by atoms with Gasteiger partial charge in [0.05, 0.1) is 11.6 Å². The zero-order valence-electron chi connectivity index (χ0n) is 10.3. The Morgan fingerprint density at radius 2 is 1.89 bits per heavy atom. The van der Waals surface area contributed by atoms with E-state index in [1.807, 2.05) is 31.2 Å². The summed E-state index contributed by atoms with van der Waals surface area (Å²) >= 11 is 3.37. The van der Waals surface area contributed by atoms with E-state index in [2.05, 4.69) is 21.2 Å². The summed E-state index contributed by atoms with van der Waals surface area (Å²) in [6.07, 6.45) is 0. The van der Waals surface area contributed by atoms with Crippen LogP contribution < -0.4 is 5.32 Å². The molecule has 2 aromatic rings. The van der Waals surface area contributed by atoms with E-state index < -0.39 is 0 Å². The molecule has 0 aliphatic heterocycles. The second kappa shape index (κ2) is 5.68. The third-order valence-corrected chi connectivity index (χ3v) is 3.22. The zero-order valence-corrected chi connectivity index (χ0v) is 11.9. The van der Waals surface area contributed by atoms with E-state index in [1.165, 1.54) is 0 Å². The third-order valence-electron chi connectivity index (χ3n) is 2.72. The molecular formula is C15H11BrN2O. The van der Waals surface area contributed by atoms with Crippen LogP contribution in [0.25, 0.3) is 0 Å². The van der Waals surface area contributed by atoms with Gasteiger partial charge in [0.25, 0.3) is 5.91 Å². The van der Waals surface area contributed by atoms with Crippen LogP contribution in [0, 0.1) is 18.3 Å². The summed E-state index contributed by atoms with van der Waals surface area (Å²) in [5, 5.41) is 11.6.